The summed E-state index contributed by atoms with van der Waals surface area (Å²) in [5.74, 6) is -1.30. The summed E-state index contributed by atoms with van der Waals surface area (Å²) in [5.41, 5.74) is 3.22. The summed E-state index contributed by atoms with van der Waals surface area (Å²) in [4.78, 5) is 26.3. The van der Waals surface area contributed by atoms with Crippen molar-refractivity contribution in [2.75, 3.05) is 19.1 Å². The number of nitrogens with zero attached hydrogens (tertiary/aromatic N) is 2. The smallest absolute Gasteiger partial charge is 0.355 e. The maximum absolute atomic E-state index is 12.5. The van der Waals surface area contributed by atoms with Crippen LogP contribution in [0.4, 0.5) is 5.69 Å². The Kier molecular flexibility index (Phi) is 6.56. The molecule has 0 amide bonds. The Balaban J connectivity index is 2.76. The van der Waals surface area contributed by atoms with E-state index < -0.39 is 11.9 Å². The van der Waals surface area contributed by atoms with Crippen molar-refractivity contribution in [2.45, 2.75) is 26.7 Å². The Morgan fingerprint density at radius 2 is 1.63 bits per heavy atom. The maximum atomic E-state index is 12.5. The van der Waals surface area contributed by atoms with Gasteiger partial charge in [0.25, 0.3) is 0 Å². The first kappa shape index (κ1) is 20.0. The van der Waals surface area contributed by atoms with Gasteiger partial charge in [0.1, 0.15) is 5.70 Å². The molecule has 6 heteroatoms. The lowest BCUT2D eigenvalue weighted by Gasteiger charge is -2.24. The van der Waals surface area contributed by atoms with Crippen molar-refractivity contribution in [1.82, 2.24) is 0 Å². The minimum Gasteiger partial charge on any atom is -0.465 e. The zero-order chi connectivity index (χ0) is 20.0. The zero-order valence-corrected chi connectivity index (χ0v) is 15.9. The van der Waals surface area contributed by atoms with Crippen molar-refractivity contribution in [3.05, 3.63) is 64.5 Å². The third-order valence-electron chi connectivity index (χ3n) is 4.33. The highest BCUT2D eigenvalue weighted by molar-refractivity contribution is 6.05. The summed E-state index contributed by atoms with van der Waals surface area (Å²) < 4.78 is 9.74. The van der Waals surface area contributed by atoms with Crippen LogP contribution in [-0.2, 0) is 31.9 Å². The van der Waals surface area contributed by atoms with E-state index in [1.807, 2.05) is 26.0 Å². The number of anilines is 1. The molecule has 0 N–H and O–H groups in total. The maximum Gasteiger partial charge on any atom is 0.355 e. The number of benzene rings is 1. The summed E-state index contributed by atoms with van der Waals surface area (Å²) in [7, 11) is 2.52. The molecule has 1 aromatic rings. The average molecular weight is 366 g/mol. The number of ether oxygens (including phenoxy) is 2. The highest BCUT2D eigenvalue weighted by Crippen LogP contribution is 2.30. The van der Waals surface area contributed by atoms with Crippen molar-refractivity contribution < 1.29 is 19.1 Å². The first-order chi connectivity index (χ1) is 13.0. The lowest BCUT2D eigenvalue weighted by Crippen LogP contribution is -2.27. The number of hydrogen-bond acceptors (Lipinski definition) is 6. The van der Waals surface area contributed by atoms with Crippen molar-refractivity contribution in [3.63, 3.8) is 0 Å². The first-order valence-electron chi connectivity index (χ1n) is 8.63. The number of nitriles is 1. The Hall–Kier alpha value is -3.33. The predicted octanol–water partition coefficient (Wildman–Crippen LogP) is 3.17. The molecule has 0 aliphatic carbocycles. The molecule has 2 rings (SSSR count). The van der Waals surface area contributed by atoms with Crippen molar-refractivity contribution in [3.8, 4) is 6.07 Å². The first-order valence-corrected chi connectivity index (χ1v) is 8.63. The summed E-state index contributed by atoms with van der Waals surface area (Å²) in [6.07, 6.45) is 7.90. The van der Waals surface area contributed by atoms with E-state index in [-0.39, 0.29) is 11.3 Å². The van der Waals surface area contributed by atoms with Crippen LogP contribution in [0, 0.1) is 11.3 Å². The molecule has 0 unspecified atom stereocenters. The van der Waals surface area contributed by atoms with Gasteiger partial charge in [0.05, 0.1) is 31.4 Å². The van der Waals surface area contributed by atoms with Gasteiger partial charge in [0.15, 0.2) is 0 Å². The molecule has 6 nitrogen and oxygen atoms in total. The van der Waals surface area contributed by atoms with Gasteiger partial charge >= 0.3 is 11.9 Å². The van der Waals surface area contributed by atoms with Gasteiger partial charge in [-0.05, 0) is 48.3 Å². The molecule has 1 heterocycles. The number of carbonyl (C=O) groups is 2. The van der Waals surface area contributed by atoms with Crippen LogP contribution >= 0.6 is 0 Å². The number of esters is 2. The molecular weight excluding hydrogens is 344 g/mol. The fourth-order valence-electron chi connectivity index (χ4n) is 2.96. The van der Waals surface area contributed by atoms with Gasteiger partial charge < -0.3 is 14.4 Å². The Bertz CT molecular complexity index is 863. The molecule has 1 aromatic carbocycles. The molecule has 0 spiro atoms. The number of aryl methyl sites for hydroxylation is 2. The lowest BCUT2D eigenvalue weighted by molar-refractivity contribution is -0.139. The van der Waals surface area contributed by atoms with E-state index in [0.29, 0.717) is 24.1 Å². The van der Waals surface area contributed by atoms with Crippen LogP contribution < -0.4 is 4.90 Å². The fraction of sp³-hybridized carbons (Fsp3) is 0.286. The highest BCUT2D eigenvalue weighted by Gasteiger charge is 2.28. The third-order valence-corrected chi connectivity index (χ3v) is 4.33. The second kappa shape index (κ2) is 8.86. The van der Waals surface area contributed by atoms with Gasteiger partial charge in [-0.25, -0.2) is 9.59 Å². The standard InChI is InChI=1S/C21H22N2O4/c1-5-14-11-16(12-15(6-2)18(14)13-22)23-10-8-7-9-17(20(24)26-3)19(23)21(25)27-4/h7-12H,5-6H2,1-4H3. The highest BCUT2D eigenvalue weighted by atomic mass is 16.5. The predicted molar refractivity (Wildman–Crippen MR) is 102 cm³/mol. The van der Waals surface area contributed by atoms with Gasteiger partial charge in [-0.2, -0.15) is 5.26 Å². The molecule has 0 fully saturated rings. The van der Waals surface area contributed by atoms with Crippen LogP contribution in [0.1, 0.15) is 30.5 Å². The number of carbonyl (C=O) groups excluding carboxylic acids is 2. The Labute approximate surface area is 159 Å². The van der Waals surface area contributed by atoms with E-state index in [1.54, 1.807) is 23.3 Å². The fourth-order valence-corrected chi connectivity index (χ4v) is 2.96. The summed E-state index contributed by atoms with van der Waals surface area (Å²) >= 11 is 0. The van der Waals surface area contributed by atoms with Crippen LogP contribution in [-0.4, -0.2) is 26.2 Å². The van der Waals surface area contributed by atoms with Crippen molar-refractivity contribution in [2.24, 2.45) is 0 Å². The van der Waals surface area contributed by atoms with E-state index in [9.17, 15) is 14.9 Å². The van der Waals surface area contributed by atoms with Gasteiger partial charge in [0, 0.05) is 11.9 Å². The second-order valence-corrected chi connectivity index (χ2v) is 5.77. The van der Waals surface area contributed by atoms with E-state index in [0.717, 1.165) is 11.1 Å². The molecular formula is C21H22N2O4. The molecule has 140 valence electrons. The summed E-state index contributed by atoms with van der Waals surface area (Å²) in [6, 6.07) is 5.97. The normalized spacial score (nSPS) is 13.2. The topological polar surface area (TPSA) is 79.6 Å². The third kappa shape index (κ3) is 3.93. The van der Waals surface area contributed by atoms with Crippen LogP contribution in [0.25, 0.3) is 0 Å². The van der Waals surface area contributed by atoms with Crippen molar-refractivity contribution >= 4 is 17.6 Å². The molecule has 0 saturated heterocycles. The van der Waals surface area contributed by atoms with E-state index >= 15 is 0 Å². The lowest BCUT2D eigenvalue weighted by atomic mass is 9.96. The zero-order valence-electron chi connectivity index (χ0n) is 15.9. The largest absolute Gasteiger partial charge is 0.465 e. The molecule has 0 bridgehead atoms. The molecule has 27 heavy (non-hydrogen) atoms. The monoisotopic (exact) mass is 366 g/mol. The van der Waals surface area contributed by atoms with Crippen LogP contribution in [0.15, 0.2) is 47.8 Å². The van der Waals surface area contributed by atoms with E-state index in [4.69, 9.17) is 9.47 Å². The molecule has 1 aliphatic rings. The van der Waals surface area contributed by atoms with Gasteiger partial charge in [-0.3, -0.25) is 0 Å². The number of methoxy groups -OCH3 is 2. The van der Waals surface area contributed by atoms with Crippen molar-refractivity contribution in [1.29, 1.82) is 5.26 Å². The second-order valence-electron chi connectivity index (χ2n) is 5.77. The van der Waals surface area contributed by atoms with Crippen LogP contribution in [0.2, 0.25) is 0 Å². The van der Waals surface area contributed by atoms with E-state index in [1.165, 1.54) is 20.3 Å². The Morgan fingerprint density at radius 1 is 1.04 bits per heavy atom. The van der Waals surface area contributed by atoms with Crippen LogP contribution in [0.3, 0.4) is 0 Å². The molecule has 0 radical (unpaired) electrons. The summed E-state index contributed by atoms with van der Waals surface area (Å²) in [6.45, 7) is 3.94. The van der Waals surface area contributed by atoms with Crippen LogP contribution in [0.5, 0.6) is 0 Å². The van der Waals surface area contributed by atoms with E-state index in [2.05, 4.69) is 6.07 Å². The molecule has 0 atom stereocenters. The molecule has 0 saturated carbocycles. The van der Waals surface area contributed by atoms with Gasteiger partial charge in [0.2, 0.25) is 0 Å². The minimum atomic E-state index is -0.660. The quantitative estimate of drug-likeness (QED) is 0.745. The van der Waals surface area contributed by atoms with Gasteiger partial charge in [-0.1, -0.05) is 19.9 Å². The number of hydrogen-bond donors (Lipinski definition) is 0. The number of allylic oxidation sites excluding steroid dienone is 2. The average Bonchev–Trinajstić information content (AvgIpc) is 2.94. The van der Waals surface area contributed by atoms with Gasteiger partial charge in [-0.15, -0.1) is 0 Å². The SMILES string of the molecule is CCc1cc(N2C=CC=CC(C(=O)OC)=C2C(=O)OC)cc(CC)c1C#N. The molecule has 0 aromatic heterocycles. The summed E-state index contributed by atoms with van der Waals surface area (Å²) in [5, 5.41) is 9.50. The Morgan fingerprint density at radius 3 is 2.11 bits per heavy atom. The minimum absolute atomic E-state index is 0.0585. The molecule has 1 aliphatic heterocycles. The number of rotatable bonds is 5.